The zero-order chi connectivity index (χ0) is 23.7. The standard InChI is InChI=1S/C31H52O/c1-20(2)11-10-12-21(3)23-14-15-24-22-13-16-26-29(6,7)27(32)28(4,5)19-31(26,9)25(22)17-18-30(23,24)8/h16,20-25H,10-15,17-19H2,1-9H3/t21-,22+,23-,24+,25+,30+,31+/m0/s1. The number of hydrogen-bond acceptors (Lipinski definition) is 1. The molecule has 0 heterocycles. The van der Waals surface area contributed by atoms with E-state index >= 15 is 0 Å². The Morgan fingerprint density at radius 2 is 1.62 bits per heavy atom. The normalized spacial score (nSPS) is 43.3. The van der Waals surface area contributed by atoms with E-state index in [9.17, 15) is 4.79 Å². The van der Waals surface area contributed by atoms with Crippen LogP contribution in [-0.4, -0.2) is 5.78 Å². The molecule has 0 aromatic carbocycles. The van der Waals surface area contributed by atoms with Crippen LogP contribution in [0.25, 0.3) is 0 Å². The summed E-state index contributed by atoms with van der Waals surface area (Å²) in [5, 5.41) is 0. The number of carbonyl (C=O) groups is 1. The van der Waals surface area contributed by atoms with Gasteiger partial charge in [0.2, 0.25) is 0 Å². The van der Waals surface area contributed by atoms with Crippen LogP contribution in [0.3, 0.4) is 0 Å². The van der Waals surface area contributed by atoms with Crippen molar-refractivity contribution in [1.29, 1.82) is 0 Å². The minimum absolute atomic E-state index is 0.201. The van der Waals surface area contributed by atoms with E-state index in [1.54, 1.807) is 0 Å². The lowest BCUT2D eigenvalue weighted by Gasteiger charge is -2.62. The minimum atomic E-state index is -0.300. The highest BCUT2D eigenvalue weighted by molar-refractivity contribution is 5.93. The van der Waals surface area contributed by atoms with Crippen LogP contribution < -0.4 is 0 Å². The molecular formula is C31H52O. The Morgan fingerprint density at radius 1 is 0.938 bits per heavy atom. The molecule has 3 saturated carbocycles. The van der Waals surface area contributed by atoms with Gasteiger partial charge in [0.1, 0.15) is 5.78 Å². The van der Waals surface area contributed by atoms with E-state index in [0.717, 1.165) is 41.9 Å². The van der Waals surface area contributed by atoms with Crippen LogP contribution in [0.5, 0.6) is 0 Å². The maximum atomic E-state index is 13.4. The van der Waals surface area contributed by atoms with Gasteiger partial charge in [-0.1, -0.05) is 79.4 Å². The fourth-order valence-electron chi connectivity index (χ4n) is 10.3. The van der Waals surface area contributed by atoms with Crippen molar-refractivity contribution in [2.45, 2.75) is 120 Å². The van der Waals surface area contributed by atoms with Gasteiger partial charge in [-0.25, -0.2) is 0 Å². The van der Waals surface area contributed by atoms with Crippen molar-refractivity contribution >= 4 is 5.78 Å². The summed E-state index contributed by atoms with van der Waals surface area (Å²) in [5.74, 6) is 5.57. The molecule has 4 aliphatic carbocycles. The van der Waals surface area contributed by atoms with E-state index in [-0.39, 0.29) is 16.2 Å². The number of Topliss-reactive ketones (excluding diaryl/α,β-unsaturated/α-hetero) is 1. The van der Waals surface area contributed by atoms with Crippen LogP contribution in [-0.2, 0) is 4.79 Å². The molecule has 3 fully saturated rings. The zero-order valence-electron chi connectivity index (χ0n) is 22.8. The van der Waals surface area contributed by atoms with Crippen LogP contribution in [0.2, 0.25) is 0 Å². The summed E-state index contributed by atoms with van der Waals surface area (Å²) >= 11 is 0. The summed E-state index contributed by atoms with van der Waals surface area (Å²) in [4.78, 5) is 13.4. The smallest absolute Gasteiger partial charge is 0.148 e. The second-order valence-electron chi connectivity index (χ2n) is 14.7. The van der Waals surface area contributed by atoms with E-state index in [1.807, 2.05) is 0 Å². The molecule has 0 N–H and O–H groups in total. The number of hydrogen-bond donors (Lipinski definition) is 0. The first kappa shape index (κ1) is 24.5. The average Bonchev–Trinajstić information content (AvgIpc) is 3.03. The van der Waals surface area contributed by atoms with Crippen molar-refractivity contribution in [3.63, 3.8) is 0 Å². The summed E-state index contributed by atoms with van der Waals surface area (Å²) in [7, 11) is 0. The molecule has 0 aromatic heterocycles. The Hall–Kier alpha value is -0.590. The highest BCUT2D eigenvalue weighted by Crippen LogP contribution is 2.70. The Morgan fingerprint density at radius 3 is 2.28 bits per heavy atom. The fraction of sp³-hybridized carbons (Fsp3) is 0.903. The summed E-state index contributed by atoms with van der Waals surface area (Å²) in [6.07, 6.45) is 14.7. The lowest BCUT2D eigenvalue weighted by molar-refractivity contribution is -0.145. The third-order valence-electron chi connectivity index (χ3n) is 11.3. The van der Waals surface area contributed by atoms with Crippen LogP contribution in [0.4, 0.5) is 0 Å². The van der Waals surface area contributed by atoms with Gasteiger partial charge in [-0.2, -0.15) is 0 Å². The lowest BCUT2D eigenvalue weighted by Crippen LogP contribution is -2.57. The van der Waals surface area contributed by atoms with Gasteiger partial charge in [0.05, 0.1) is 0 Å². The highest BCUT2D eigenvalue weighted by atomic mass is 16.1. The number of rotatable bonds is 5. The molecule has 0 radical (unpaired) electrons. The maximum Gasteiger partial charge on any atom is 0.148 e. The van der Waals surface area contributed by atoms with Gasteiger partial charge >= 0.3 is 0 Å². The first-order valence-electron chi connectivity index (χ1n) is 14.0. The van der Waals surface area contributed by atoms with E-state index in [2.05, 4.69) is 68.4 Å². The maximum absolute atomic E-state index is 13.4. The third kappa shape index (κ3) is 3.58. The van der Waals surface area contributed by atoms with Gasteiger partial charge in [0, 0.05) is 10.8 Å². The summed E-state index contributed by atoms with van der Waals surface area (Å²) in [6, 6.07) is 0. The minimum Gasteiger partial charge on any atom is -0.298 e. The van der Waals surface area contributed by atoms with Crippen LogP contribution in [0.15, 0.2) is 11.6 Å². The molecule has 4 aliphatic rings. The first-order chi connectivity index (χ1) is 14.7. The van der Waals surface area contributed by atoms with Gasteiger partial charge in [-0.3, -0.25) is 4.79 Å². The second-order valence-corrected chi connectivity index (χ2v) is 14.7. The predicted octanol–water partition coefficient (Wildman–Crippen LogP) is 8.87. The molecule has 182 valence electrons. The molecule has 1 heteroatoms. The lowest BCUT2D eigenvalue weighted by atomic mass is 9.41. The monoisotopic (exact) mass is 440 g/mol. The first-order valence-corrected chi connectivity index (χ1v) is 14.0. The quantitative estimate of drug-likeness (QED) is 0.390. The third-order valence-corrected chi connectivity index (χ3v) is 11.3. The molecular weight excluding hydrogens is 388 g/mol. The zero-order valence-corrected chi connectivity index (χ0v) is 22.8. The average molecular weight is 441 g/mol. The van der Waals surface area contributed by atoms with E-state index in [1.165, 1.54) is 56.9 Å². The van der Waals surface area contributed by atoms with Gasteiger partial charge < -0.3 is 0 Å². The van der Waals surface area contributed by atoms with Gasteiger partial charge in [-0.15, -0.1) is 0 Å². The summed E-state index contributed by atoms with van der Waals surface area (Å²) in [6.45, 7) is 21.4. The van der Waals surface area contributed by atoms with Crippen molar-refractivity contribution in [3.05, 3.63) is 11.6 Å². The molecule has 0 aliphatic heterocycles. The Balaban J connectivity index is 1.59. The van der Waals surface area contributed by atoms with Gasteiger partial charge in [0.15, 0.2) is 0 Å². The fourth-order valence-corrected chi connectivity index (χ4v) is 10.3. The van der Waals surface area contributed by atoms with E-state index < -0.39 is 0 Å². The van der Waals surface area contributed by atoms with Crippen molar-refractivity contribution in [1.82, 2.24) is 0 Å². The SMILES string of the molecule is CC(C)CCC[C@H](C)[C@@H]1CC[C@@H]2[C@H]3CC=C4C(C)(C)C(=O)C(C)(C)C[C@]4(C)[C@@H]3CC[C@@]21C. The highest BCUT2D eigenvalue weighted by Gasteiger charge is 2.63. The number of ketones is 1. The molecule has 0 spiro atoms. The Kier molecular flexibility index (Phi) is 6.12. The number of fused-ring (bicyclic) bond motifs is 5. The van der Waals surface area contributed by atoms with E-state index in [4.69, 9.17) is 0 Å². The van der Waals surface area contributed by atoms with Crippen LogP contribution >= 0.6 is 0 Å². The molecule has 0 saturated heterocycles. The molecule has 0 aromatic rings. The van der Waals surface area contributed by atoms with Crippen LogP contribution in [0, 0.1) is 57.2 Å². The van der Waals surface area contributed by atoms with Crippen LogP contribution in [0.1, 0.15) is 120 Å². The van der Waals surface area contributed by atoms with Crippen molar-refractivity contribution in [3.8, 4) is 0 Å². The number of allylic oxidation sites excluding steroid dienone is 2. The molecule has 32 heavy (non-hydrogen) atoms. The van der Waals surface area contributed by atoms with Gasteiger partial charge in [-0.05, 0) is 98.7 Å². The second kappa shape index (κ2) is 7.98. The van der Waals surface area contributed by atoms with E-state index in [0.29, 0.717) is 11.2 Å². The molecule has 0 amide bonds. The molecule has 0 bridgehead atoms. The topological polar surface area (TPSA) is 17.1 Å². The molecule has 7 atom stereocenters. The predicted molar refractivity (Wildman–Crippen MR) is 136 cm³/mol. The summed E-state index contributed by atoms with van der Waals surface area (Å²) in [5.41, 5.74) is 1.73. The Bertz CT molecular complexity index is 769. The Labute approximate surface area is 199 Å². The summed E-state index contributed by atoms with van der Waals surface area (Å²) < 4.78 is 0. The molecule has 0 unspecified atom stereocenters. The van der Waals surface area contributed by atoms with Crippen molar-refractivity contribution in [2.75, 3.05) is 0 Å². The van der Waals surface area contributed by atoms with Gasteiger partial charge in [0.25, 0.3) is 0 Å². The largest absolute Gasteiger partial charge is 0.298 e. The van der Waals surface area contributed by atoms with Crippen molar-refractivity contribution in [2.24, 2.45) is 57.2 Å². The molecule has 1 nitrogen and oxygen atoms in total. The van der Waals surface area contributed by atoms with Crippen molar-refractivity contribution < 1.29 is 4.79 Å². The molecule has 4 rings (SSSR count). The number of carbonyl (C=O) groups excluding carboxylic acids is 1.